The van der Waals surface area contributed by atoms with Gasteiger partial charge in [0.2, 0.25) is 0 Å². The minimum atomic E-state index is -4.59. The fourth-order valence-electron chi connectivity index (χ4n) is 3.71. The Morgan fingerprint density at radius 3 is 2.48 bits per heavy atom. The molecule has 0 aromatic heterocycles. The molecule has 0 unspecified atom stereocenters. The van der Waals surface area contributed by atoms with Gasteiger partial charge in [0, 0.05) is 31.6 Å². The standard InChI is InChI=1S/C22H21ClF3N3O2/c1-14-2-4-15(5-3-14)19-13-21(31-28-19)8-10-29(11-9-21)20(30)27-16-6-7-18(23)17(12-16)22(24,25)26/h2-7,12-13,28H,8-11H2,1H3,(H,27,30). The molecule has 2 N–H and O–H groups in total. The van der Waals surface area contributed by atoms with Crippen molar-refractivity contribution in [2.45, 2.75) is 31.5 Å². The predicted octanol–water partition coefficient (Wildman–Crippen LogP) is 5.61. The summed E-state index contributed by atoms with van der Waals surface area (Å²) >= 11 is 5.63. The van der Waals surface area contributed by atoms with Crippen LogP contribution in [0.3, 0.4) is 0 Å². The Morgan fingerprint density at radius 1 is 1.16 bits per heavy atom. The summed E-state index contributed by atoms with van der Waals surface area (Å²) in [5.74, 6) is 0. The minimum absolute atomic E-state index is 0.0438. The predicted molar refractivity (Wildman–Crippen MR) is 112 cm³/mol. The van der Waals surface area contributed by atoms with E-state index in [2.05, 4.69) is 10.8 Å². The second kappa shape index (κ2) is 8.09. The number of hydrogen-bond donors (Lipinski definition) is 2. The van der Waals surface area contributed by atoms with Gasteiger partial charge in [0.15, 0.2) is 0 Å². The van der Waals surface area contributed by atoms with E-state index in [-0.39, 0.29) is 5.69 Å². The van der Waals surface area contributed by atoms with Crippen molar-refractivity contribution in [3.8, 4) is 0 Å². The number of nitrogens with zero attached hydrogens (tertiary/aromatic N) is 1. The third-order valence-corrected chi connectivity index (χ3v) is 5.88. The zero-order valence-electron chi connectivity index (χ0n) is 16.7. The SMILES string of the molecule is Cc1ccc(C2=CC3(CCN(C(=O)Nc4ccc(Cl)c(C(F)(F)F)c4)CC3)ON2)cc1. The topological polar surface area (TPSA) is 53.6 Å². The first-order chi connectivity index (χ1) is 14.7. The van der Waals surface area contributed by atoms with Gasteiger partial charge in [-0.1, -0.05) is 41.4 Å². The Labute approximate surface area is 182 Å². The number of hydroxylamine groups is 1. The molecular formula is C22H21ClF3N3O2. The van der Waals surface area contributed by atoms with Crippen LogP contribution >= 0.6 is 11.6 Å². The lowest BCUT2D eigenvalue weighted by Crippen LogP contribution is -2.48. The smallest absolute Gasteiger partial charge is 0.324 e. The number of halogens is 4. The third kappa shape index (κ3) is 4.65. The second-order valence-corrected chi connectivity index (χ2v) is 8.21. The van der Waals surface area contributed by atoms with E-state index in [4.69, 9.17) is 16.4 Å². The highest BCUT2D eigenvalue weighted by molar-refractivity contribution is 6.31. The van der Waals surface area contributed by atoms with Gasteiger partial charge in [0.05, 0.1) is 16.3 Å². The van der Waals surface area contributed by atoms with E-state index in [0.29, 0.717) is 25.9 Å². The molecule has 2 aliphatic heterocycles. The molecule has 1 saturated heterocycles. The Hall–Kier alpha value is -2.71. The lowest BCUT2D eigenvalue weighted by atomic mass is 9.90. The van der Waals surface area contributed by atoms with Crippen molar-refractivity contribution in [2.75, 3.05) is 18.4 Å². The van der Waals surface area contributed by atoms with E-state index < -0.39 is 28.4 Å². The molecule has 4 rings (SSSR count). The molecule has 164 valence electrons. The number of carbonyl (C=O) groups is 1. The first-order valence-corrected chi connectivity index (χ1v) is 10.2. The van der Waals surface area contributed by atoms with Gasteiger partial charge in [-0.2, -0.15) is 13.2 Å². The highest BCUT2D eigenvalue weighted by Gasteiger charge is 2.40. The number of hydrogen-bond acceptors (Lipinski definition) is 3. The van der Waals surface area contributed by atoms with Crippen LogP contribution in [0.4, 0.5) is 23.7 Å². The summed E-state index contributed by atoms with van der Waals surface area (Å²) in [6.45, 7) is 2.84. The molecule has 1 fully saturated rings. The normalized spacial score (nSPS) is 18.0. The summed E-state index contributed by atoms with van der Waals surface area (Å²) in [5, 5.41) is 2.12. The van der Waals surface area contributed by atoms with Crippen molar-refractivity contribution >= 4 is 29.0 Å². The molecule has 0 aliphatic carbocycles. The molecule has 1 spiro atoms. The van der Waals surface area contributed by atoms with Crippen LogP contribution in [0.25, 0.3) is 5.70 Å². The Balaban J connectivity index is 1.39. The number of nitrogens with one attached hydrogen (secondary N) is 2. The van der Waals surface area contributed by atoms with Crippen molar-refractivity contribution < 1.29 is 22.8 Å². The van der Waals surface area contributed by atoms with Crippen LogP contribution in [0, 0.1) is 6.92 Å². The fraction of sp³-hybridized carbons (Fsp3) is 0.318. The van der Waals surface area contributed by atoms with Crippen LogP contribution in [0.5, 0.6) is 0 Å². The molecule has 0 radical (unpaired) electrons. The zero-order chi connectivity index (χ0) is 22.2. The van der Waals surface area contributed by atoms with Gasteiger partial charge < -0.3 is 10.2 Å². The summed E-state index contributed by atoms with van der Waals surface area (Å²) in [7, 11) is 0. The highest BCUT2D eigenvalue weighted by atomic mass is 35.5. The number of urea groups is 1. The van der Waals surface area contributed by atoms with Crippen LogP contribution in [0.2, 0.25) is 5.02 Å². The maximum atomic E-state index is 13.0. The maximum absolute atomic E-state index is 13.0. The number of likely N-dealkylation sites (tertiary alicyclic amines) is 1. The molecule has 0 saturated carbocycles. The molecule has 2 aliphatic rings. The highest BCUT2D eigenvalue weighted by Crippen LogP contribution is 2.37. The Morgan fingerprint density at radius 2 is 1.84 bits per heavy atom. The van der Waals surface area contributed by atoms with E-state index in [1.807, 2.05) is 37.3 Å². The average Bonchev–Trinajstić information content (AvgIpc) is 3.13. The number of benzene rings is 2. The molecule has 2 aromatic rings. The summed E-state index contributed by atoms with van der Waals surface area (Å²) in [4.78, 5) is 20.0. The monoisotopic (exact) mass is 451 g/mol. The van der Waals surface area contributed by atoms with Gasteiger partial charge in [-0.25, -0.2) is 4.79 Å². The van der Waals surface area contributed by atoms with Gasteiger partial charge in [-0.3, -0.25) is 10.3 Å². The van der Waals surface area contributed by atoms with E-state index in [0.717, 1.165) is 23.4 Å². The summed E-state index contributed by atoms with van der Waals surface area (Å²) in [6, 6.07) is 10.9. The quantitative estimate of drug-likeness (QED) is 0.624. The minimum Gasteiger partial charge on any atom is -0.324 e. The van der Waals surface area contributed by atoms with Crippen molar-refractivity contribution in [3.63, 3.8) is 0 Å². The molecular weight excluding hydrogens is 431 g/mol. The molecule has 2 amide bonds. The van der Waals surface area contributed by atoms with Crippen molar-refractivity contribution in [1.29, 1.82) is 0 Å². The molecule has 9 heteroatoms. The number of alkyl halides is 3. The largest absolute Gasteiger partial charge is 0.417 e. The van der Waals surface area contributed by atoms with Crippen LogP contribution in [0.1, 0.15) is 29.5 Å². The van der Waals surface area contributed by atoms with Crippen molar-refractivity contribution in [1.82, 2.24) is 10.4 Å². The van der Waals surface area contributed by atoms with Crippen molar-refractivity contribution in [3.05, 3.63) is 70.3 Å². The average molecular weight is 452 g/mol. The molecule has 5 nitrogen and oxygen atoms in total. The number of rotatable bonds is 2. The summed E-state index contributed by atoms with van der Waals surface area (Å²) in [6.07, 6.45) is -1.42. The van der Waals surface area contributed by atoms with E-state index in [1.165, 1.54) is 11.6 Å². The lowest BCUT2D eigenvalue weighted by molar-refractivity contribution is -0.137. The van der Waals surface area contributed by atoms with Gasteiger partial charge in [0.25, 0.3) is 0 Å². The Kier molecular flexibility index (Phi) is 5.61. The molecule has 31 heavy (non-hydrogen) atoms. The first kappa shape index (κ1) is 21.5. The van der Waals surface area contributed by atoms with E-state index >= 15 is 0 Å². The van der Waals surface area contributed by atoms with Gasteiger partial charge in [0.1, 0.15) is 5.60 Å². The number of carbonyl (C=O) groups excluding carboxylic acids is 1. The second-order valence-electron chi connectivity index (χ2n) is 7.80. The van der Waals surface area contributed by atoms with E-state index in [1.54, 1.807) is 4.90 Å². The Bertz CT molecular complexity index is 1010. The zero-order valence-corrected chi connectivity index (χ0v) is 17.5. The van der Waals surface area contributed by atoms with Gasteiger partial charge >= 0.3 is 12.2 Å². The van der Waals surface area contributed by atoms with E-state index in [9.17, 15) is 18.0 Å². The molecule has 0 atom stereocenters. The molecule has 2 heterocycles. The van der Waals surface area contributed by atoms with Crippen LogP contribution in [0.15, 0.2) is 48.5 Å². The molecule has 0 bridgehead atoms. The van der Waals surface area contributed by atoms with Crippen LogP contribution < -0.4 is 10.8 Å². The van der Waals surface area contributed by atoms with Gasteiger partial charge in [-0.15, -0.1) is 0 Å². The summed E-state index contributed by atoms with van der Waals surface area (Å²) in [5.41, 5.74) is 4.61. The number of amides is 2. The molecule has 2 aromatic carbocycles. The fourth-order valence-corrected chi connectivity index (χ4v) is 3.94. The van der Waals surface area contributed by atoms with Gasteiger partial charge in [-0.05, 0) is 36.8 Å². The maximum Gasteiger partial charge on any atom is 0.417 e. The summed E-state index contributed by atoms with van der Waals surface area (Å²) < 4.78 is 39.1. The third-order valence-electron chi connectivity index (χ3n) is 5.55. The van der Waals surface area contributed by atoms with Crippen LogP contribution in [-0.2, 0) is 11.0 Å². The number of anilines is 1. The number of aryl methyl sites for hydroxylation is 1. The van der Waals surface area contributed by atoms with Crippen LogP contribution in [-0.4, -0.2) is 29.6 Å². The first-order valence-electron chi connectivity index (χ1n) is 9.82. The number of piperidine rings is 1. The van der Waals surface area contributed by atoms with Crippen molar-refractivity contribution in [2.24, 2.45) is 0 Å². The lowest BCUT2D eigenvalue weighted by Gasteiger charge is -2.36.